The fraction of sp³-hybridized carbons (Fsp3) is 0.125. The molecule has 1 aromatic carbocycles. The first kappa shape index (κ1) is 10.7. The normalized spacial score (nSPS) is 9.57. The van der Waals surface area contributed by atoms with Gasteiger partial charge in [-0.05, 0) is 12.1 Å². The molecule has 0 saturated heterocycles. The lowest BCUT2D eigenvalue weighted by atomic mass is 10.2. The van der Waals surface area contributed by atoms with E-state index in [1.807, 2.05) is 0 Å². The van der Waals surface area contributed by atoms with Gasteiger partial charge in [-0.15, -0.1) is 0 Å². The van der Waals surface area contributed by atoms with Crippen molar-refractivity contribution in [2.24, 2.45) is 0 Å². The van der Waals surface area contributed by atoms with Crippen LogP contribution in [0.1, 0.15) is 10.4 Å². The molecule has 0 spiro atoms. The Morgan fingerprint density at radius 3 is 2.57 bits per heavy atom. The van der Waals surface area contributed by atoms with Gasteiger partial charge in [0.2, 0.25) is 0 Å². The van der Waals surface area contributed by atoms with Crippen LogP contribution in [0.4, 0.5) is 0 Å². The van der Waals surface area contributed by atoms with Crippen molar-refractivity contribution in [3.63, 3.8) is 0 Å². The molecule has 1 aromatic rings. The van der Waals surface area contributed by atoms with Crippen molar-refractivity contribution in [1.82, 2.24) is 0 Å². The van der Waals surface area contributed by atoms with Crippen LogP contribution in [0, 0.1) is 0 Å². The molecule has 0 atom stereocenters. The minimum Gasteiger partial charge on any atom is -0.400 e. The maximum Gasteiger partial charge on any atom is 0.675 e. The minimum absolute atomic E-state index is 0.329. The zero-order valence-electron chi connectivity index (χ0n) is 7.54. The van der Waals surface area contributed by atoms with Gasteiger partial charge in [-0.1, -0.05) is 18.2 Å². The van der Waals surface area contributed by atoms with Gasteiger partial charge in [0.25, 0.3) is 0 Å². The van der Waals surface area contributed by atoms with Crippen molar-refractivity contribution in [2.75, 3.05) is 7.11 Å². The lowest BCUT2D eigenvalue weighted by Gasteiger charge is -2.03. The summed E-state index contributed by atoms with van der Waals surface area (Å²) in [4.78, 5) is 19.6. The summed E-state index contributed by atoms with van der Waals surface area (Å²) in [5.74, 6) is -0.693. The predicted octanol–water partition coefficient (Wildman–Crippen LogP) is 0.399. The van der Waals surface area contributed by atoms with E-state index in [9.17, 15) is 4.79 Å². The first-order valence-corrected chi connectivity index (χ1v) is 3.87. The smallest absolute Gasteiger partial charge is 0.400 e. The van der Waals surface area contributed by atoms with Gasteiger partial charge in [-0.3, -0.25) is 0 Å². The Kier molecular flexibility index (Phi) is 4.12. The Labute approximate surface area is 81.3 Å². The maximum absolute atomic E-state index is 11.2. The third-order valence-electron chi connectivity index (χ3n) is 1.42. The molecule has 0 aromatic heterocycles. The molecule has 0 radical (unpaired) electrons. The monoisotopic (exact) mass is 196 g/mol. The predicted molar refractivity (Wildman–Crippen MR) is 47.9 cm³/mol. The summed E-state index contributed by atoms with van der Waals surface area (Å²) in [5, 5.41) is 8.73. The third kappa shape index (κ3) is 3.17. The van der Waals surface area contributed by atoms with Crippen molar-refractivity contribution < 1.29 is 24.2 Å². The molecule has 6 heteroatoms. The second kappa shape index (κ2) is 5.38. The molecule has 0 bridgehead atoms. The fourth-order valence-corrected chi connectivity index (χ4v) is 0.746. The molecule has 0 aliphatic heterocycles. The van der Waals surface area contributed by atoms with Crippen LogP contribution >= 0.6 is 0 Å². The first-order chi connectivity index (χ1) is 6.74. The van der Waals surface area contributed by atoms with E-state index >= 15 is 0 Å². The molecule has 0 fully saturated rings. The zero-order chi connectivity index (χ0) is 10.4. The molecular formula is C8H9BO5. The van der Waals surface area contributed by atoms with Crippen LogP contribution in [0.15, 0.2) is 30.3 Å². The molecule has 0 aliphatic carbocycles. The Bertz CT molecular complexity index is 289. The summed E-state index contributed by atoms with van der Waals surface area (Å²) in [6.07, 6.45) is 0. The molecule has 0 heterocycles. The Morgan fingerprint density at radius 1 is 1.36 bits per heavy atom. The van der Waals surface area contributed by atoms with Crippen LogP contribution in [0.25, 0.3) is 0 Å². The maximum atomic E-state index is 11.2. The molecule has 0 amide bonds. The topological polar surface area (TPSA) is 65.0 Å². The molecule has 1 N–H and O–H groups in total. The Morgan fingerprint density at radius 2 is 2.00 bits per heavy atom. The van der Waals surface area contributed by atoms with Gasteiger partial charge in [-0.2, -0.15) is 4.81 Å². The van der Waals surface area contributed by atoms with Gasteiger partial charge in [0.15, 0.2) is 0 Å². The van der Waals surface area contributed by atoms with E-state index in [4.69, 9.17) is 5.02 Å². The highest BCUT2D eigenvalue weighted by Gasteiger charge is 2.18. The van der Waals surface area contributed by atoms with Crippen LogP contribution in [-0.4, -0.2) is 25.4 Å². The van der Waals surface area contributed by atoms with E-state index < -0.39 is 13.3 Å². The first-order valence-electron chi connectivity index (χ1n) is 3.87. The van der Waals surface area contributed by atoms with Gasteiger partial charge < -0.3 is 14.6 Å². The highest BCUT2D eigenvalue weighted by atomic mass is 17.2. The summed E-state index contributed by atoms with van der Waals surface area (Å²) < 4.78 is 4.29. The van der Waals surface area contributed by atoms with E-state index in [0.29, 0.717) is 5.56 Å². The molecule has 0 unspecified atom stereocenters. The van der Waals surface area contributed by atoms with Crippen LogP contribution in [0.5, 0.6) is 0 Å². The van der Waals surface area contributed by atoms with Gasteiger partial charge in [0.05, 0.1) is 5.56 Å². The third-order valence-corrected chi connectivity index (χ3v) is 1.42. The molecule has 5 nitrogen and oxygen atoms in total. The van der Waals surface area contributed by atoms with E-state index in [1.54, 1.807) is 30.3 Å². The minimum atomic E-state index is -1.57. The number of hydrogen-bond donors (Lipinski definition) is 1. The second-order valence-corrected chi connectivity index (χ2v) is 2.38. The molecule has 74 valence electrons. The molecule has 1 rings (SSSR count). The summed E-state index contributed by atoms with van der Waals surface area (Å²) in [7, 11) is -0.358. The highest BCUT2D eigenvalue weighted by Crippen LogP contribution is 2.01. The van der Waals surface area contributed by atoms with Gasteiger partial charge >= 0.3 is 13.3 Å². The number of carbonyl (C=O) groups is 1. The van der Waals surface area contributed by atoms with E-state index in [0.717, 1.165) is 0 Å². The van der Waals surface area contributed by atoms with Crippen LogP contribution in [0.2, 0.25) is 0 Å². The van der Waals surface area contributed by atoms with Crippen molar-refractivity contribution >= 4 is 13.3 Å². The molecular weight excluding hydrogens is 187 g/mol. The standard InChI is InChI=1S/C8H9BO5/c1-12-9(11)14-13-8(10)7-5-3-2-4-6-7/h2-6,11H,1H3. The number of rotatable bonds is 4. The quantitative estimate of drug-likeness (QED) is 0.428. The van der Waals surface area contributed by atoms with Crippen molar-refractivity contribution in [3.05, 3.63) is 35.9 Å². The molecule has 0 aliphatic rings. The van der Waals surface area contributed by atoms with Crippen LogP contribution in [-0.2, 0) is 14.3 Å². The summed E-state index contributed by atoms with van der Waals surface area (Å²) >= 11 is 0. The van der Waals surface area contributed by atoms with E-state index in [1.165, 1.54) is 7.11 Å². The van der Waals surface area contributed by atoms with Crippen molar-refractivity contribution in [3.8, 4) is 0 Å². The SMILES string of the molecule is COB(O)OOC(=O)c1ccccc1. The average molecular weight is 196 g/mol. The summed E-state index contributed by atoms with van der Waals surface area (Å²) in [6, 6.07) is 8.25. The Balaban J connectivity index is 2.44. The van der Waals surface area contributed by atoms with Gasteiger partial charge in [0.1, 0.15) is 0 Å². The Hall–Kier alpha value is -1.37. The summed E-state index contributed by atoms with van der Waals surface area (Å²) in [6.45, 7) is 0. The lowest BCUT2D eigenvalue weighted by molar-refractivity contribution is -0.181. The van der Waals surface area contributed by atoms with Crippen LogP contribution < -0.4 is 0 Å². The van der Waals surface area contributed by atoms with Gasteiger partial charge in [0, 0.05) is 7.11 Å². The largest absolute Gasteiger partial charge is 0.675 e. The van der Waals surface area contributed by atoms with Crippen molar-refractivity contribution in [1.29, 1.82) is 0 Å². The van der Waals surface area contributed by atoms with Crippen LogP contribution in [0.3, 0.4) is 0 Å². The number of carbonyl (C=O) groups excluding carboxylic acids is 1. The van der Waals surface area contributed by atoms with E-state index in [-0.39, 0.29) is 0 Å². The average Bonchev–Trinajstić information content (AvgIpc) is 2.26. The van der Waals surface area contributed by atoms with E-state index in [2.05, 4.69) is 14.3 Å². The van der Waals surface area contributed by atoms with Gasteiger partial charge in [-0.25, -0.2) is 4.79 Å². The fourth-order valence-electron chi connectivity index (χ4n) is 0.746. The number of hydrogen-bond acceptors (Lipinski definition) is 5. The number of benzene rings is 1. The second-order valence-electron chi connectivity index (χ2n) is 2.38. The summed E-state index contributed by atoms with van der Waals surface area (Å²) in [5.41, 5.74) is 0.329. The van der Waals surface area contributed by atoms with Crippen molar-refractivity contribution in [2.45, 2.75) is 0 Å². The zero-order valence-corrected chi connectivity index (χ0v) is 7.54. The lowest BCUT2D eigenvalue weighted by Crippen LogP contribution is -2.22. The molecule has 14 heavy (non-hydrogen) atoms. The molecule has 0 saturated carbocycles. The highest BCUT2D eigenvalue weighted by molar-refractivity contribution is 6.34.